The van der Waals surface area contributed by atoms with Gasteiger partial charge in [-0.15, -0.1) is 0 Å². The lowest BCUT2D eigenvalue weighted by Crippen LogP contribution is -2.54. The molecular weight excluding hydrogens is 324 g/mol. The molecule has 25 heavy (non-hydrogen) atoms. The van der Waals surface area contributed by atoms with Gasteiger partial charge in [0, 0.05) is 18.7 Å². The van der Waals surface area contributed by atoms with Gasteiger partial charge in [0.1, 0.15) is 6.04 Å². The Labute approximate surface area is 144 Å². The Balaban J connectivity index is 1.77. The molecule has 1 atom stereocenters. The molecule has 4 amide bonds. The van der Waals surface area contributed by atoms with Crippen LogP contribution in [0, 0.1) is 0 Å². The molecule has 132 valence electrons. The number of nitrogens with one attached hydrogen (secondary N) is 2. The van der Waals surface area contributed by atoms with Gasteiger partial charge in [-0.25, -0.2) is 0 Å². The maximum Gasteiger partial charge on any atom is 0.262 e. The van der Waals surface area contributed by atoms with Gasteiger partial charge in [-0.05, 0) is 44.0 Å². The van der Waals surface area contributed by atoms with Gasteiger partial charge >= 0.3 is 0 Å². The number of unbranched alkanes of at least 4 members (excludes halogenated alkanes) is 1. The van der Waals surface area contributed by atoms with Gasteiger partial charge < -0.3 is 11.1 Å². The zero-order valence-electron chi connectivity index (χ0n) is 13.7. The second-order valence-corrected chi connectivity index (χ2v) is 6.13. The number of anilines is 1. The number of benzene rings is 1. The third-order valence-electron chi connectivity index (χ3n) is 4.40. The first-order valence-electron chi connectivity index (χ1n) is 8.32. The molecule has 1 aromatic rings. The van der Waals surface area contributed by atoms with Crippen LogP contribution in [0.5, 0.6) is 0 Å². The number of piperidine rings is 1. The van der Waals surface area contributed by atoms with E-state index in [9.17, 15) is 19.2 Å². The number of hydrogen-bond acceptors (Lipinski definition) is 6. The highest BCUT2D eigenvalue weighted by atomic mass is 16.2. The highest BCUT2D eigenvalue weighted by Gasteiger charge is 2.44. The van der Waals surface area contributed by atoms with Crippen molar-refractivity contribution in [2.45, 2.75) is 31.7 Å². The van der Waals surface area contributed by atoms with E-state index in [0.29, 0.717) is 6.54 Å². The average Bonchev–Trinajstić information content (AvgIpc) is 2.83. The first kappa shape index (κ1) is 17.1. The number of imide groups is 2. The van der Waals surface area contributed by atoms with Crippen LogP contribution in [0.4, 0.5) is 5.69 Å². The summed E-state index contributed by atoms with van der Waals surface area (Å²) in [6.07, 6.45) is 2.07. The minimum atomic E-state index is -0.939. The fourth-order valence-electron chi connectivity index (χ4n) is 3.08. The van der Waals surface area contributed by atoms with Crippen LogP contribution in [0.15, 0.2) is 18.2 Å². The van der Waals surface area contributed by atoms with Crippen molar-refractivity contribution in [2.75, 3.05) is 18.4 Å². The predicted molar refractivity (Wildman–Crippen MR) is 89.9 cm³/mol. The summed E-state index contributed by atoms with van der Waals surface area (Å²) in [6, 6.07) is 4.02. The van der Waals surface area contributed by atoms with Crippen molar-refractivity contribution in [3.8, 4) is 0 Å². The van der Waals surface area contributed by atoms with Gasteiger partial charge in [-0.3, -0.25) is 29.4 Å². The highest BCUT2D eigenvalue weighted by Crippen LogP contribution is 2.29. The average molecular weight is 344 g/mol. The van der Waals surface area contributed by atoms with Crippen LogP contribution >= 0.6 is 0 Å². The topological polar surface area (TPSA) is 122 Å². The van der Waals surface area contributed by atoms with Crippen molar-refractivity contribution in [1.29, 1.82) is 0 Å². The van der Waals surface area contributed by atoms with Crippen LogP contribution in [0.3, 0.4) is 0 Å². The first-order valence-corrected chi connectivity index (χ1v) is 8.32. The van der Waals surface area contributed by atoms with Gasteiger partial charge in [0.25, 0.3) is 11.8 Å². The lowest BCUT2D eigenvalue weighted by molar-refractivity contribution is -0.136. The molecule has 8 nitrogen and oxygen atoms in total. The predicted octanol–water partition coefficient (Wildman–Crippen LogP) is 0.239. The summed E-state index contributed by atoms with van der Waals surface area (Å²) in [6.45, 7) is 1.34. The second-order valence-electron chi connectivity index (χ2n) is 6.13. The molecule has 8 heteroatoms. The standard InChI is InChI=1S/C17H20N4O4/c18-7-1-2-8-19-10-3-4-11-12(9-10)17(25)21(16(11)24)13-5-6-14(22)20-15(13)23/h3-4,9,13,19H,1-2,5-8,18H2,(H,20,22,23). The summed E-state index contributed by atoms with van der Waals surface area (Å²) >= 11 is 0. The molecule has 1 fully saturated rings. The Kier molecular flexibility index (Phi) is 4.80. The van der Waals surface area contributed by atoms with E-state index in [1.807, 2.05) is 0 Å². The molecule has 0 bridgehead atoms. The van der Waals surface area contributed by atoms with Gasteiger partial charge in [0.15, 0.2) is 0 Å². The molecule has 0 saturated carbocycles. The number of fused-ring (bicyclic) bond motifs is 1. The van der Waals surface area contributed by atoms with Crippen LogP contribution in [0.25, 0.3) is 0 Å². The minimum Gasteiger partial charge on any atom is -0.385 e. The zero-order chi connectivity index (χ0) is 18.0. The van der Waals surface area contributed by atoms with Crippen LogP contribution < -0.4 is 16.4 Å². The van der Waals surface area contributed by atoms with E-state index in [1.165, 1.54) is 0 Å². The molecule has 1 aromatic carbocycles. The number of rotatable bonds is 6. The molecule has 1 unspecified atom stereocenters. The van der Waals surface area contributed by atoms with E-state index in [0.717, 1.165) is 30.0 Å². The molecule has 1 saturated heterocycles. The largest absolute Gasteiger partial charge is 0.385 e. The summed E-state index contributed by atoms with van der Waals surface area (Å²) in [4.78, 5) is 49.4. The van der Waals surface area contributed by atoms with Crippen molar-refractivity contribution in [1.82, 2.24) is 10.2 Å². The number of nitrogens with two attached hydrogens (primary N) is 1. The Morgan fingerprint density at radius 3 is 2.60 bits per heavy atom. The summed E-state index contributed by atoms with van der Waals surface area (Å²) in [7, 11) is 0. The van der Waals surface area contributed by atoms with Crippen molar-refractivity contribution >= 4 is 29.3 Å². The molecule has 3 rings (SSSR count). The fourth-order valence-corrected chi connectivity index (χ4v) is 3.08. The van der Waals surface area contributed by atoms with Crippen molar-refractivity contribution in [3.63, 3.8) is 0 Å². The van der Waals surface area contributed by atoms with Crippen LogP contribution in [-0.4, -0.2) is 47.7 Å². The maximum absolute atomic E-state index is 12.7. The maximum atomic E-state index is 12.7. The quantitative estimate of drug-likeness (QED) is 0.502. The molecule has 2 aliphatic rings. The van der Waals surface area contributed by atoms with E-state index in [4.69, 9.17) is 5.73 Å². The zero-order valence-corrected chi connectivity index (χ0v) is 13.7. The van der Waals surface area contributed by atoms with Crippen molar-refractivity contribution in [2.24, 2.45) is 5.73 Å². The molecule has 2 aliphatic heterocycles. The Bertz CT molecular complexity index is 746. The van der Waals surface area contributed by atoms with Gasteiger partial charge in [-0.1, -0.05) is 0 Å². The summed E-state index contributed by atoms with van der Waals surface area (Å²) in [5, 5.41) is 5.37. The van der Waals surface area contributed by atoms with E-state index < -0.39 is 23.8 Å². The SMILES string of the molecule is NCCCCNc1ccc2c(c1)C(=O)N(C1CCC(=O)NC1=O)C2=O. The smallest absolute Gasteiger partial charge is 0.262 e. The molecular formula is C17H20N4O4. The van der Waals surface area contributed by atoms with E-state index >= 15 is 0 Å². The Hall–Kier alpha value is -2.74. The van der Waals surface area contributed by atoms with E-state index in [1.54, 1.807) is 18.2 Å². The number of carbonyl (C=O) groups is 4. The molecule has 0 spiro atoms. The fraction of sp³-hybridized carbons (Fsp3) is 0.412. The summed E-state index contributed by atoms with van der Waals surface area (Å²) in [5.74, 6) is -1.99. The lowest BCUT2D eigenvalue weighted by Gasteiger charge is -2.27. The van der Waals surface area contributed by atoms with Crippen molar-refractivity contribution in [3.05, 3.63) is 29.3 Å². The van der Waals surface area contributed by atoms with Crippen LogP contribution in [0.1, 0.15) is 46.4 Å². The van der Waals surface area contributed by atoms with Gasteiger partial charge in [0.05, 0.1) is 11.1 Å². The Morgan fingerprint density at radius 2 is 1.88 bits per heavy atom. The normalized spacial score (nSPS) is 19.9. The van der Waals surface area contributed by atoms with Gasteiger partial charge in [0.2, 0.25) is 11.8 Å². The third kappa shape index (κ3) is 3.25. The molecule has 4 N–H and O–H groups in total. The minimum absolute atomic E-state index is 0.109. The van der Waals surface area contributed by atoms with E-state index in [-0.39, 0.29) is 29.9 Å². The molecule has 2 heterocycles. The van der Waals surface area contributed by atoms with Crippen molar-refractivity contribution < 1.29 is 19.2 Å². The first-order chi connectivity index (χ1) is 12.0. The number of amides is 4. The summed E-state index contributed by atoms with van der Waals surface area (Å²) in [5.41, 5.74) is 6.75. The second kappa shape index (κ2) is 7.02. The molecule has 0 aromatic heterocycles. The van der Waals surface area contributed by atoms with Crippen LogP contribution in [0.2, 0.25) is 0 Å². The molecule has 0 aliphatic carbocycles. The number of carbonyl (C=O) groups excluding carboxylic acids is 4. The van der Waals surface area contributed by atoms with E-state index in [2.05, 4.69) is 10.6 Å². The summed E-state index contributed by atoms with van der Waals surface area (Å²) < 4.78 is 0. The number of hydrogen-bond donors (Lipinski definition) is 3. The van der Waals surface area contributed by atoms with Crippen LogP contribution in [-0.2, 0) is 9.59 Å². The highest BCUT2D eigenvalue weighted by molar-refractivity contribution is 6.23. The Morgan fingerprint density at radius 1 is 1.12 bits per heavy atom. The molecule has 0 radical (unpaired) electrons. The number of nitrogens with zero attached hydrogens (tertiary/aromatic N) is 1. The van der Waals surface area contributed by atoms with Gasteiger partial charge in [-0.2, -0.15) is 0 Å². The lowest BCUT2D eigenvalue weighted by atomic mass is 10.0. The monoisotopic (exact) mass is 344 g/mol. The third-order valence-corrected chi connectivity index (χ3v) is 4.40.